The quantitative estimate of drug-likeness (QED) is 0.399. The highest BCUT2D eigenvalue weighted by atomic mass is 13.5. The maximum Gasteiger partial charge on any atom is 0.0310 e. The molecule has 0 saturated carbocycles. The first kappa shape index (κ1) is 1.25. The lowest BCUT2D eigenvalue weighted by Gasteiger charge is -1.57. The first-order valence-electron chi connectivity index (χ1n) is 2.05. The van der Waals surface area contributed by atoms with Gasteiger partial charge < -0.3 is 0 Å². The molecule has 0 unspecified atom stereocenters. The van der Waals surface area contributed by atoms with Gasteiger partial charge in [0, 0.05) is 2.74 Å². The van der Waals surface area contributed by atoms with Crippen LogP contribution >= 0.6 is 0 Å². The van der Waals surface area contributed by atoms with Gasteiger partial charge in [0.1, 0.15) is 0 Å². The Labute approximate surface area is 30.0 Å². The highest BCUT2D eigenvalue weighted by Gasteiger charge is 1.45. The Bertz CT molecular complexity index is 51.1. The molecule has 0 aromatic heterocycles. The average Bonchev–Trinajstić information content (AvgIpc) is 1.35. The molecule has 0 amide bonds. The van der Waals surface area contributed by atoms with E-state index in [0.29, 0.717) is 0 Å². The summed E-state index contributed by atoms with van der Waals surface area (Å²) in [6.45, 7) is 6.30. The van der Waals surface area contributed by atoms with Gasteiger partial charge in [-0.1, -0.05) is 6.08 Å². The van der Waals surface area contributed by atoms with Crippen LogP contribution < -0.4 is 0 Å². The molecule has 1 radical (unpaired) electrons. The van der Waals surface area contributed by atoms with Gasteiger partial charge in [0.15, 0.2) is 0 Å². The van der Waals surface area contributed by atoms with Crippen molar-refractivity contribution < 1.29 is 2.74 Å². The lowest BCUT2D eigenvalue weighted by Crippen LogP contribution is -1.37. The van der Waals surface area contributed by atoms with Crippen molar-refractivity contribution in [2.45, 2.75) is 6.37 Å². The van der Waals surface area contributed by atoms with Crippen molar-refractivity contribution >= 4 is 0 Å². The van der Waals surface area contributed by atoms with Crippen molar-refractivity contribution in [3.8, 4) is 0 Å². The van der Waals surface area contributed by atoms with Gasteiger partial charge in [-0.15, -0.1) is 6.58 Å². The molecule has 0 fully saturated rings. The van der Waals surface area contributed by atoms with Gasteiger partial charge in [-0.25, -0.2) is 0 Å². The maximum atomic E-state index is 6.62. The van der Waals surface area contributed by atoms with Crippen molar-refractivity contribution in [1.82, 2.24) is 0 Å². The lowest BCUT2D eigenvalue weighted by molar-refractivity contribution is 1.42. The molecule has 4 heavy (non-hydrogen) atoms. The summed E-state index contributed by atoms with van der Waals surface area (Å²) in [7, 11) is 0. The fourth-order valence-corrected chi connectivity index (χ4v) is 0. The number of hydrogen-bond acceptors (Lipinski definition) is 0. The van der Waals surface area contributed by atoms with Gasteiger partial charge in [-0.2, -0.15) is 0 Å². The first-order valence-corrected chi connectivity index (χ1v) is 1.05. The minimum atomic E-state index is -1.44. The summed E-state index contributed by atoms with van der Waals surface area (Å²) in [4.78, 5) is 0. The minimum Gasteiger partial charge on any atom is -0.103 e. The van der Waals surface area contributed by atoms with E-state index in [2.05, 4.69) is 13.5 Å². The van der Waals surface area contributed by atoms with Crippen molar-refractivity contribution in [1.29, 1.82) is 0 Å². The molecule has 0 aromatic carbocycles. The van der Waals surface area contributed by atoms with Crippen molar-refractivity contribution in [2.24, 2.45) is 0 Å². The van der Waals surface area contributed by atoms with E-state index in [1.54, 1.807) is 0 Å². The fourth-order valence-electron chi connectivity index (χ4n) is 0. The molecule has 0 spiro atoms. The molecule has 0 heteroatoms. The summed E-state index contributed by atoms with van der Waals surface area (Å²) in [6, 6.07) is 0. The average molecular weight is 57.1 g/mol. The monoisotopic (exact) mass is 57.1 g/mol. The summed E-state index contributed by atoms with van der Waals surface area (Å²) in [5, 5.41) is 0. The molecule has 0 heterocycles. The molecule has 0 N–H and O–H groups in total. The van der Waals surface area contributed by atoms with Crippen LogP contribution in [0.5, 0.6) is 0 Å². The van der Waals surface area contributed by atoms with Gasteiger partial charge in [0.05, 0.1) is 0 Å². The van der Waals surface area contributed by atoms with Crippen LogP contribution in [-0.4, -0.2) is 0 Å². The molecule has 23 valence electrons. The second-order valence-electron chi connectivity index (χ2n) is 0.408. The van der Waals surface area contributed by atoms with E-state index in [0.717, 1.165) is 6.08 Å². The number of rotatable bonds is 1. The van der Waals surface area contributed by atoms with Crippen LogP contribution in [0.2, 0.25) is 0 Å². The van der Waals surface area contributed by atoms with E-state index in [1.165, 1.54) is 0 Å². The Hall–Kier alpha value is -0.260. The Morgan fingerprint density at radius 2 is 2.50 bits per heavy atom. The number of allylic oxidation sites excluding steroid dienone is 1. The van der Waals surface area contributed by atoms with Crippen LogP contribution in [0.1, 0.15) is 9.11 Å². The van der Waals surface area contributed by atoms with Gasteiger partial charge in [-0.05, 0) is 13.3 Å². The third-order valence-corrected chi connectivity index (χ3v) is 0.144. The summed E-state index contributed by atoms with van der Waals surface area (Å²) in [5.41, 5.74) is 0. The van der Waals surface area contributed by atoms with Crippen LogP contribution in [0.15, 0.2) is 12.7 Å². The Morgan fingerprint density at radius 3 is 2.50 bits per heavy atom. The van der Waals surface area contributed by atoms with E-state index in [1.807, 2.05) is 0 Å². The van der Waals surface area contributed by atoms with Crippen LogP contribution in [0, 0.1) is 6.92 Å². The molecule has 0 aromatic rings. The predicted octanol–water partition coefficient (Wildman–Crippen LogP) is 1.40. The van der Waals surface area contributed by atoms with Gasteiger partial charge >= 0.3 is 0 Å². The normalized spacial score (nSPS) is 17.2. The fraction of sp³-hybridized carbons (Fsp3) is 0.250. The van der Waals surface area contributed by atoms with Crippen LogP contribution in [-0.2, 0) is 0 Å². The molecular weight excluding hydrogens is 48.0 g/mol. The maximum absolute atomic E-state index is 6.62. The Kier molecular flexibility index (Phi) is 0.856. The van der Waals surface area contributed by atoms with Gasteiger partial charge in [0.25, 0.3) is 0 Å². The summed E-state index contributed by atoms with van der Waals surface area (Å²) in [5.74, 6) is 0. The third-order valence-electron chi connectivity index (χ3n) is 0.144. The summed E-state index contributed by atoms with van der Waals surface area (Å²) < 4.78 is 13.2. The van der Waals surface area contributed by atoms with E-state index in [-0.39, 0.29) is 0 Å². The Morgan fingerprint density at radius 1 is 2.25 bits per heavy atom. The molecule has 0 nitrogen and oxygen atoms in total. The molecule has 0 aliphatic heterocycles. The third kappa shape index (κ3) is 1.74. The highest BCUT2D eigenvalue weighted by molar-refractivity contribution is 4.65. The van der Waals surface area contributed by atoms with E-state index >= 15 is 0 Å². The van der Waals surface area contributed by atoms with Crippen molar-refractivity contribution in [2.75, 3.05) is 0 Å². The standard InChI is InChI=1S/C4H7/c1-3-4-2/h3H,1-2,4H2/i4D2. The second-order valence-corrected chi connectivity index (χ2v) is 0.408. The zero-order valence-electron chi connectivity index (χ0n) is 4.49. The number of hydrogen-bond donors (Lipinski definition) is 0. The highest BCUT2D eigenvalue weighted by Crippen LogP contribution is 1.65. The van der Waals surface area contributed by atoms with Crippen molar-refractivity contribution in [3.63, 3.8) is 0 Å². The predicted molar refractivity (Wildman–Crippen MR) is 20.2 cm³/mol. The van der Waals surface area contributed by atoms with Gasteiger partial charge in [0.2, 0.25) is 0 Å². The smallest absolute Gasteiger partial charge is 0.0310 e. The zero-order chi connectivity index (χ0) is 5.21. The molecule has 0 atom stereocenters. The minimum absolute atomic E-state index is 1.16. The van der Waals surface area contributed by atoms with Crippen LogP contribution in [0.4, 0.5) is 0 Å². The first-order chi connectivity index (χ1) is 2.56. The molecule has 0 aliphatic carbocycles. The largest absolute Gasteiger partial charge is 0.103 e. The van der Waals surface area contributed by atoms with Crippen molar-refractivity contribution in [3.05, 3.63) is 19.6 Å². The van der Waals surface area contributed by atoms with Gasteiger partial charge in [-0.3, -0.25) is 0 Å². The molecule has 0 aliphatic rings. The molecule has 0 saturated heterocycles. The van der Waals surface area contributed by atoms with E-state index in [4.69, 9.17) is 2.74 Å². The van der Waals surface area contributed by atoms with Crippen LogP contribution in [0.3, 0.4) is 0 Å². The van der Waals surface area contributed by atoms with E-state index in [9.17, 15) is 0 Å². The molecular formula is C4H7. The summed E-state index contributed by atoms with van der Waals surface area (Å²) >= 11 is 0. The zero-order valence-corrected chi connectivity index (χ0v) is 2.49. The topological polar surface area (TPSA) is 0 Å². The second kappa shape index (κ2) is 2.74. The summed E-state index contributed by atoms with van der Waals surface area (Å²) in [6.07, 6.45) is -0.285. The lowest BCUT2D eigenvalue weighted by atomic mass is 10.5. The molecule has 0 rings (SSSR count). The van der Waals surface area contributed by atoms with Crippen LogP contribution in [0.25, 0.3) is 0 Å². The van der Waals surface area contributed by atoms with E-state index < -0.39 is 6.37 Å². The SMILES string of the molecule is [2H]C([2H])([CH2])C=C. The Balaban J connectivity index is 3.45. The molecule has 0 bridgehead atoms.